The molecule has 0 aromatic heterocycles. The zero-order valence-corrected chi connectivity index (χ0v) is 40.3. The van der Waals surface area contributed by atoms with Crippen molar-refractivity contribution in [1.29, 1.82) is 0 Å². The molecule has 1 fully saturated rings. The van der Waals surface area contributed by atoms with Crippen LogP contribution in [-0.4, -0.2) is 86.5 Å². The average molecular weight is 935 g/mol. The molecule has 15 heteroatoms. The molecule has 348 valence electrons. The number of amides is 2. The number of hydrogen-bond acceptors (Lipinski definition) is 10. The summed E-state index contributed by atoms with van der Waals surface area (Å²) in [7, 11) is -3.27. The molecule has 13 nitrogen and oxygen atoms in total. The van der Waals surface area contributed by atoms with E-state index in [0.717, 1.165) is 69.9 Å². The van der Waals surface area contributed by atoms with Crippen molar-refractivity contribution < 1.29 is 45.2 Å². The lowest BCUT2D eigenvalue weighted by Gasteiger charge is -2.27. The quantitative estimate of drug-likeness (QED) is 0.0626. The Hall–Kier alpha value is -5.74. The number of anilines is 1. The molecule has 3 heterocycles. The van der Waals surface area contributed by atoms with Gasteiger partial charge >= 0.3 is 5.97 Å². The summed E-state index contributed by atoms with van der Waals surface area (Å²) in [5.41, 5.74) is 8.56. The zero-order chi connectivity index (χ0) is 47.8. The Morgan fingerprint density at radius 1 is 0.788 bits per heavy atom. The summed E-state index contributed by atoms with van der Waals surface area (Å²) in [6.07, 6.45) is 17.2. The molecule has 0 unspecified atom stereocenters. The SMILES string of the molecule is CN(C)S(=O)(=O)c1ccc2c(c1)C(C)(C)C(/C=C/C1=C(/C=C/c3ccccc3)C(=C\C=C3/N(CCCCCC(=O)ON4C(=O)CCC4=O)c4ccc(S(=O)(=O)[O-])cc4C3(C)C)/CCC1)=[N+]2C. The second kappa shape index (κ2) is 18.9. The van der Waals surface area contributed by atoms with Gasteiger partial charge in [-0.15, -0.1) is 5.06 Å². The van der Waals surface area contributed by atoms with Crippen molar-refractivity contribution in [3.8, 4) is 0 Å². The van der Waals surface area contributed by atoms with Crippen LogP contribution in [0, 0.1) is 0 Å². The molecule has 0 N–H and O–H groups in total. The minimum Gasteiger partial charge on any atom is -0.744 e. The first-order valence-electron chi connectivity index (χ1n) is 22.3. The number of rotatable bonds is 15. The number of benzene rings is 3. The molecule has 4 aliphatic rings. The molecular formula is C51H58N4O9S2. The van der Waals surface area contributed by atoms with Crippen LogP contribution in [0.3, 0.4) is 0 Å². The molecule has 3 aromatic carbocycles. The maximum atomic E-state index is 13.1. The van der Waals surface area contributed by atoms with Gasteiger partial charge in [-0.3, -0.25) is 9.59 Å². The predicted molar refractivity (Wildman–Crippen MR) is 253 cm³/mol. The van der Waals surface area contributed by atoms with Crippen molar-refractivity contribution in [3.05, 3.63) is 136 Å². The summed E-state index contributed by atoms with van der Waals surface area (Å²) >= 11 is 0. The van der Waals surface area contributed by atoms with Gasteiger partial charge < -0.3 is 14.3 Å². The number of unbranched alkanes of at least 4 members (excludes halogenated alkanes) is 2. The van der Waals surface area contributed by atoms with Gasteiger partial charge in [-0.25, -0.2) is 25.9 Å². The van der Waals surface area contributed by atoms with E-state index in [1.165, 1.54) is 30.5 Å². The summed E-state index contributed by atoms with van der Waals surface area (Å²) in [5.74, 6) is -1.69. The van der Waals surface area contributed by atoms with Crippen molar-refractivity contribution in [1.82, 2.24) is 9.37 Å². The number of carbonyl (C=O) groups is 3. The predicted octanol–water partition coefficient (Wildman–Crippen LogP) is 8.37. The van der Waals surface area contributed by atoms with Crippen LogP contribution in [0.2, 0.25) is 0 Å². The number of carbonyl (C=O) groups excluding carboxylic acids is 3. The van der Waals surface area contributed by atoms with Gasteiger partial charge in [-0.1, -0.05) is 74.9 Å². The van der Waals surface area contributed by atoms with Gasteiger partial charge in [0.1, 0.15) is 17.2 Å². The van der Waals surface area contributed by atoms with Crippen molar-refractivity contribution in [2.45, 2.75) is 106 Å². The molecule has 1 aliphatic carbocycles. The van der Waals surface area contributed by atoms with Gasteiger partial charge in [0.2, 0.25) is 15.7 Å². The van der Waals surface area contributed by atoms with E-state index in [1.54, 1.807) is 18.2 Å². The Balaban J connectivity index is 1.21. The average Bonchev–Trinajstić information content (AvgIpc) is 3.77. The highest BCUT2D eigenvalue weighted by molar-refractivity contribution is 7.89. The maximum Gasteiger partial charge on any atom is 0.333 e. The van der Waals surface area contributed by atoms with Gasteiger partial charge in [-0.2, -0.15) is 4.58 Å². The molecule has 66 heavy (non-hydrogen) atoms. The standard InChI is InChI=1S/C51H58N4O9S2/c1-50(2)41-33-38(65(59,60)52(5)6)23-26-43(41)53(7)45(50)28-21-36-17-14-18-37(40(36)25-20-35-15-10-8-11-16-35)22-29-46-51(3,4)42-34-39(66(61,62)63)24-27-44(42)54(46)32-13-9-12-19-49(58)64-55-47(56)30-31-48(55)57/h8,10-11,15-16,20-29,33-34H,9,12-14,17-19,30-32H2,1-7H3/b25-20+. The van der Waals surface area contributed by atoms with Gasteiger partial charge in [-0.05, 0) is 110 Å². The highest BCUT2D eigenvalue weighted by Gasteiger charge is 2.44. The Morgan fingerprint density at radius 2 is 1.47 bits per heavy atom. The summed E-state index contributed by atoms with van der Waals surface area (Å²) in [6, 6.07) is 19.9. The number of imide groups is 1. The maximum absolute atomic E-state index is 13.1. The normalized spacial score (nSPS) is 19.7. The minimum absolute atomic E-state index is 0.0251. The Morgan fingerprint density at radius 3 is 2.15 bits per heavy atom. The number of hydrogen-bond donors (Lipinski definition) is 0. The van der Waals surface area contributed by atoms with Crippen molar-refractivity contribution in [2.24, 2.45) is 0 Å². The van der Waals surface area contributed by atoms with Crippen molar-refractivity contribution in [2.75, 3.05) is 32.6 Å². The second-order valence-electron chi connectivity index (χ2n) is 18.4. The molecule has 3 aromatic rings. The monoisotopic (exact) mass is 934 g/mol. The lowest BCUT2D eigenvalue weighted by atomic mass is 9.80. The van der Waals surface area contributed by atoms with Gasteiger partial charge in [0.05, 0.1) is 15.2 Å². The number of nitrogens with zero attached hydrogens (tertiary/aromatic N) is 4. The molecular weight excluding hydrogens is 877 g/mol. The fraction of sp³-hybridized carbons (Fsp3) is 0.373. The fourth-order valence-electron chi connectivity index (χ4n) is 9.37. The first kappa shape index (κ1) is 48.2. The first-order valence-corrected chi connectivity index (χ1v) is 25.2. The van der Waals surface area contributed by atoms with Crippen LogP contribution in [0.5, 0.6) is 0 Å². The van der Waals surface area contributed by atoms with E-state index in [2.05, 4.69) is 71.9 Å². The van der Waals surface area contributed by atoms with Crippen molar-refractivity contribution >= 4 is 61.1 Å². The summed E-state index contributed by atoms with van der Waals surface area (Å²) in [6.45, 7) is 8.79. The van der Waals surface area contributed by atoms with Crippen LogP contribution in [0.25, 0.3) is 6.08 Å². The van der Waals surface area contributed by atoms with Crippen LogP contribution in [-0.2, 0) is 50.2 Å². The van der Waals surface area contributed by atoms with Crippen molar-refractivity contribution in [3.63, 3.8) is 0 Å². The molecule has 0 spiro atoms. The number of sulfonamides is 1. The zero-order valence-electron chi connectivity index (χ0n) is 38.7. The minimum atomic E-state index is -4.72. The summed E-state index contributed by atoms with van der Waals surface area (Å²) < 4.78 is 66.2. The number of hydroxylamine groups is 2. The number of fused-ring (bicyclic) bond motifs is 2. The van der Waals surface area contributed by atoms with E-state index in [0.29, 0.717) is 36.4 Å². The van der Waals surface area contributed by atoms with Gasteiger partial charge in [0.15, 0.2) is 5.71 Å². The third kappa shape index (κ3) is 9.71. The van der Waals surface area contributed by atoms with E-state index < -0.39 is 48.8 Å². The molecule has 0 bridgehead atoms. The highest BCUT2D eigenvalue weighted by Crippen LogP contribution is 2.49. The van der Waals surface area contributed by atoms with E-state index in [1.807, 2.05) is 45.2 Å². The number of allylic oxidation sites excluding steroid dienone is 9. The van der Waals surface area contributed by atoms with E-state index in [9.17, 15) is 35.8 Å². The molecule has 1 saturated heterocycles. The largest absolute Gasteiger partial charge is 0.744 e. The Labute approximate surface area is 388 Å². The lowest BCUT2D eigenvalue weighted by molar-refractivity contribution is -0.401. The van der Waals surface area contributed by atoms with Crippen LogP contribution in [0.1, 0.15) is 102 Å². The van der Waals surface area contributed by atoms with E-state index in [-0.39, 0.29) is 29.1 Å². The van der Waals surface area contributed by atoms with Gasteiger partial charge in [0, 0.05) is 74.4 Å². The highest BCUT2D eigenvalue weighted by atomic mass is 32.2. The second-order valence-corrected chi connectivity index (χ2v) is 21.9. The van der Waals surface area contributed by atoms with E-state index in [4.69, 9.17) is 4.84 Å². The fourth-order valence-corrected chi connectivity index (χ4v) is 10.8. The molecule has 0 atom stereocenters. The van der Waals surface area contributed by atoms with Crippen LogP contribution in [0.15, 0.2) is 129 Å². The van der Waals surface area contributed by atoms with Crippen LogP contribution in [0.4, 0.5) is 11.4 Å². The Kier molecular flexibility index (Phi) is 13.8. The molecule has 7 rings (SSSR count). The van der Waals surface area contributed by atoms with E-state index >= 15 is 0 Å². The Bertz CT molecular complexity index is 2870. The third-order valence-corrected chi connectivity index (χ3v) is 15.7. The molecule has 0 saturated carbocycles. The van der Waals surface area contributed by atoms with Crippen LogP contribution < -0.4 is 4.90 Å². The molecule has 2 amide bonds. The summed E-state index contributed by atoms with van der Waals surface area (Å²) in [4.78, 5) is 43.5. The van der Waals surface area contributed by atoms with Gasteiger partial charge in [0.25, 0.3) is 11.8 Å². The lowest BCUT2D eigenvalue weighted by Crippen LogP contribution is -2.32. The van der Waals surface area contributed by atoms with Crippen LogP contribution >= 0.6 is 0 Å². The first-order chi connectivity index (χ1) is 31.1. The molecule has 0 radical (unpaired) electrons. The smallest absolute Gasteiger partial charge is 0.333 e. The summed E-state index contributed by atoms with van der Waals surface area (Å²) in [5, 5.41) is 0.559. The third-order valence-electron chi connectivity index (χ3n) is 13.1. The topological polar surface area (TPSA) is 165 Å². The molecule has 3 aliphatic heterocycles.